The van der Waals surface area contributed by atoms with Crippen molar-refractivity contribution in [1.82, 2.24) is 9.88 Å². The van der Waals surface area contributed by atoms with Gasteiger partial charge < -0.3 is 14.6 Å². The molecule has 0 fully saturated rings. The zero-order chi connectivity index (χ0) is 14.4. The molecule has 4 heteroatoms. The fraction of sp³-hybridized carbons (Fsp3) is 0.312. The fourth-order valence-electron chi connectivity index (χ4n) is 2.06. The SMILES string of the molecule is Cc1cc(C)cc(OCC(=O)NCCn2cccc2)c1. The predicted octanol–water partition coefficient (Wildman–Crippen LogP) is 2.30. The topological polar surface area (TPSA) is 43.3 Å². The molecule has 0 aliphatic carbocycles. The van der Waals surface area contributed by atoms with Gasteiger partial charge in [0.15, 0.2) is 6.61 Å². The van der Waals surface area contributed by atoms with E-state index in [-0.39, 0.29) is 12.5 Å². The Balaban J connectivity index is 1.72. The Hall–Kier alpha value is -2.23. The number of carbonyl (C=O) groups excluding carboxylic acids is 1. The minimum Gasteiger partial charge on any atom is -0.484 e. The molecule has 20 heavy (non-hydrogen) atoms. The first-order chi connectivity index (χ1) is 9.63. The maximum atomic E-state index is 11.7. The van der Waals surface area contributed by atoms with Crippen LogP contribution in [0.1, 0.15) is 11.1 Å². The summed E-state index contributed by atoms with van der Waals surface area (Å²) in [7, 11) is 0. The van der Waals surface area contributed by atoms with Gasteiger partial charge in [-0.1, -0.05) is 6.07 Å². The molecule has 1 aromatic carbocycles. The van der Waals surface area contributed by atoms with Gasteiger partial charge in [0.25, 0.3) is 5.91 Å². The third kappa shape index (κ3) is 4.46. The number of rotatable bonds is 6. The summed E-state index contributed by atoms with van der Waals surface area (Å²) in [5.74, 6) is 0.638. The molecule has 2 aromatic rings. The van der Waals surface area contributed by atoms with E-state index >= 15 is 0 Å². The van der Waals surface area contributed by atoms with Crippen molar-refractivity contribution in [3.8, 4) is 5.75 Å². The van der Waals surface area contributed by atoms with Crippen molar-refractivity contribution >= 4 is 5.91 Å². The third-order valence-corrected chi connectivity index (χ3v) is 2.92. The Labute approximate surface area is 119 Å². The highest BCUT2D eigenvalue weighted by Gasteiger charge is 2.03. The van der Waals surface area contributed by atoms with Gasteiger partial charge in [0, 0.05) is 25.5 Å². The van der Waals surface area contributed by atoms with Crippen LogP contribution < -0.4 is 10.1 Å². The lowest BCUT2D eigenvalue weighted by Crippen LogP contribution is -2.31. The highest BCUT2D eigenvalue weighted by atomic mass is 16.5. The molecule has 0 spiro atoms. The molecule has 106 valence electrons. The predicted molar refractivity (Wildman–Crippen MR) is 78.9 cm³/mol. The molecular formula is C16H20N2O2. The van der Waals surface area contributed by atoms with Gasteiger partial charge in [0.2, 0.25) is 0 Å². The second-order valence-electron chi connectivity index (χ2n) is 4.88. The van der Waals surface area contributed by atoms with Crippen molar-refractivity contribution in [2.24, 2.45) is 0 Å². The van der Waals surface area contributed by atoms with Gasteiger partial charge in [0.1, 0.15) is 5.75 Å². The normalized spacial score (nSPS) is 10.3. The largest absolute Gasteiger partial charge is 0.484 e. The van der Waals surface area contributed by atoms with E-state index in [4.69, 9.17) is 4.74 Å². The number of benzene rings is 1. The lowest BCUT2D eigenvalue weighted by Gasteiger charge is -2.09. The first-order valence-electron chi connectivity index (χ1n) is 6.72. The van der Waals surface area contributed by atoms with E-state index in [1.54, 1.807) is 0 Å². The van der Waals surface area contributed by atoms with Crippen molar-refractivity contribution in [2.75, 3.05) is 13.2 Å². The van der Waals surface area contributed by atoms with E-state index in [0.29, 0.717) is 6.54 Å². The number of aryl methyl sites for hydroxylation is 2. The summed E-state index contributed by atoms with van der Waals surface area (Å²) >= 11 is 0. The summed E-state index contributed by atoms with van der Waals surface area (Å²) in [6.45, 7) is 5.44. The van der Waals surface area contributed by atoms with Gasteiger partial charge in [0.05, 0.1) is 0 Å². The maximum absolute atomic E-state index is 11.7. The number of aromatic nitrogens is 1. The summed E-state index contributed by atoms with van der Waals surface area (Å²) < 4.78 is 7.52. The van der Waals surface area contributed by atoms with Crippen LogP contribution in [-0.4, -0.2) is 23.6 Å². The fourth-order valence-corrected chi connectivity index (χ4v) is 2.06. The van der Waals surface area contributed by atoms with E-state index in [0.717, 1.165) is 23.4 Å². The number of nitrogens with zero attached hydrogens (tertiary/aromatic N) is 1. The molecule has 0 saturated heterocycles. The lowest BCUT2D eigenvalue weighted by atomic mass is 10.1. The monoisotopic (exact) mass is 272 g/mol. The first kappa shape index (κ1) is 14.2. The van der Waals surface area contributed by atoms with Crippen LogP contribution in [0.15, 0.2) is 42.7 Å². The number of nitrogens with one attached hydrogen (secondary N) is 1. The molecule has 0 bridgehead atoms. The van der Waals surface area contributed by atoms with E-state index in [1.165, 1.54) is 0 Å². The van der Waals surface area contributed by atoms with Crippen LogP contribution >= 0.6 is 0 Å². The Bertz CT molecular complexity index is 542. The number of hydrogen-bond donors (Lipinski definition) is 1. The van der Waals surface area contributed by atoms with Gasteiger partial charge in [-0.05, 0) is 49.2 Å². The van der Waals surface area contributed by atoms with Crippen molar-refractivity contribution in [3.05, 3.63) is 53.9 Å². The van der Waals surface area contributed by atoms with Gasteiger partial charge in [-0.15, -0.1) is 0 Å². The Kier molecular flexibility index (Phi) is 4.82. The number of carbonyl (C=O) groups is 1. The standard InChI is InChI=1S/C16H20N2O2/c1-13-9-14(2)11-15(10-13)20-12-16(19)17-5-8-18-6-3-4-7-18/h3-4,6-7,9-11H,5,8,12H2,1-2H3,(H,17,19). The van der Waals surface area contributed by atoms with Gasteiger partial charge in [-0.25, -0.2) is 0 Å². The molecule has 0 saturated carbocycles. The lowest BCUT2D eigenvalue weighted by molar-refractivity contribution is -0.123. The van der Waals surface area contributed by atoms with Crippen molar-refractivity contribution in [3.63, 3.8) is 0 Å². The quantitative estimate of drug-likeness (QED) is 0.877. The molecule has 4 nitrogen and oxygen atoms in total. The minimum atomic E-state index is -0.101. The first-order valence-corrected chi connectivity index (χ1v) is 6.72. The van der Waals surface area contributed by atoms with Crippen LogP contribution in [0.2, 0.25) is 0 Å². The zero-order valence-corrected chi connectivity index (χ0v) is 11.9. The number of hydrogen-bond acceptors (Lipinski definition) is 2. The zero-order valence-electron chi connectivity index (χ0n) is 11.9. The van der Waals surface area contributed by atoms with Crippen LogP contribution in [0.25, 0.3) is 0 Å². The molecular weight excluding hydrogens is 252 g/mol. The average molecular weight is 272 g/mol. The van der Waals surface area contributed by atoms with Gasteiger partial charge in [-0.2, -0.15) is 0 Å². The third-order valence-electron chi connectivity index (χ3n) is 2.92. The average Bonchev–Trinajstić information content (AvgIpc) is 2.88. The van der Waals surface area contributed by atoms with Gasteiger partial charge in [-0.3, -0.25) is 4.79 Å². The minimum absolute atomic E-state index is 0.0502. The Morgan fingerprint density at radius 2 is 1.80 bits per heavy atom. The van der Waals surface area contributed by atoms with Crippen LogP contribution in [-0.2, 0) is 11.3 Å². The molecule has 1 aromatic heterocycles. The van der Waals surface area contributed by atoms with E-state index in [2.05, 4.69) is 11.4 Å². The molecule has 0 aliphatic heterocycles. The molecule has 1 N–H and O–H groups in total. The molecule has 1 heterocycles. The van der Waals surface area contributed by atoms with Gasteiger partial charge >= 0.3 is 0 Å². The van der Waals surface area contributed by atoms with Crippen LogP contribution in [0, 0.1) is 13.8 Å². The van der Waals surface area contributed by atoms with Crippen LogP contribution in [0.4, 0.5) is 0 Å². The highest BCUT2D eigenvalue weighted by molar-refractivity contribution is 5.77. The molecule has 0 atom stereocenters. The highest BCUT2D eigenvalue weighted by Crippen LogP contribution is 2.15. The van der Waals surface area contributed by atoms with Crippen molar-refractivity contribution < 1.29 is 9.53 Å². The van der Waals surface area contributed by atoms with Crippen molar-refractivity contribution in [1.29, 1.82) is 0 Å². The summed E-state index contributed by atoms with van der Waals surface area (Å²) in [6, 6.07) is 9.86. The summed E-state index contributed by atoms with van der Waals surface area (Å²) in [5, 5.41) is 2.84. The number of ether oxygens (including phenoxy) is 1. The smallest absolute Gasteiger partial charge is 0.258 e. The van der Waals surface area contributed by atoms with E-state index in [1.807, 2.05) is 55.1 Å². The molecule has 0 unspecified atom stereocenters. The van der Waals surface area contributed by atoms with Crippen molar-refractivity contribution in [2.45, 2.75) is 20.4 Å². The summed E-state index contributed by atoms with van der Waals surface area (Å²) in [6.07, 6.45) is 3.94. The second kappa shape index (κ2) is 6.80. The Morgan fingerprint density at radius 1 is 1.15 bits per heavy atom. The van der Waals surface area contributed by atoms with Crippen LogP contribution in [0.5, 0.6) is 5.75 Å². The second-order valence-corrected chi connectivity index (χ2v) is 4.88. The van der Waals surface area contributed by atoms with Crippen LogP contribution in [0.3, 0.4) is 0 Å². The van der Waals surface area contributed by atoms with E-state index in [9.17, 15) is 4.79 Å². The molecule has 0 aliphatic rings. The molecule has 1 amide bonds. The number of amides is 1. The maximum Gasteiger partial charge on any atom is 0.258 e. The molecule has 2 rings (SSSR count). The van der Waals surface area contributed by atoms with E-state index < -0.39 is 0 Å². The summed E-state index contributed by atoms with van der Waals surface area (Å²) in [5.41, 5.74) is 2.26. The summed E-state index contributed by atoms with van der Waals surface area (Å²) in [4.78, 5) is 11.7. The molecule has 0 radical (unpaired) electrons. The Morgan fingerprint density at radius 3 is 2.45 bits per heavy atom.